The van der Waals surface area contributed by atoms with Crippen LogP contribution in [0.2, 0.25) is 10.0 Å². The summed E-state index contributed by atoms with van der Waals surface area (Å²) in [6.45, 7) is 6.37. The molecule has 0 unspecified atom stereocenters. The smallest absolute Gasteiger partial charge is 0.261 e. The third-order valence-corrected chi connectivity index (χ3v) is 5.48. The number of benzene rings is 3. The van der Waals surface area contributed by atoms with Crippen LogP contribution in [-0.2, 0) is 15.0 Å². The molecule has 0 spiro atoms. The molecule has 3 rings (SSSR count). The number of hydrogen-bond acceptors (Lipinski definition) is 2. The molecule has 2 amide bonds. The van der Waals surface area contributed by atoms with Crippen molar-refractivity contribution in [1.82, 2.24) is 0 Å². The minimum Gasteiger partial charge on any atom is -0.320 e. The molecule has 0 atom stereocenters. The predicted molar refractivity (Wildman–Crippen MR) is 133 cm³/mol. The molecule has 0 aliphatic rings. The lowest BCUT2D eigenvalue weighted by molar-refractivity contribution is -0.118. The van der Waals surface area contributed by atoms with E-state index in [4.69, 9.17) is 23.2 Å². The van der Waals surface area contributed by atoms with Crippen LogP contribution < -0.4 is 10.6 Å². The quantitative estimate of drug-likeness (QED) is 0.242. The minimum atomic E-state index is -0.581. The fraction of sp³-hybridized carbons (Fsp3) is 0.154. The van der Waals surface area contributed by atoms with Gasteiger partial charge in [0.15, 0.2) is 0 Å². The van der Waals surface area contributed by atoms with E-state index < -0.39 is 11.8 Å². The third-order valence-electron chi connectivity index (χ3n) is 4.82. The molecule has 32 heavy (non-hydrogen) atoms. The van der Waals surface area contributed by atoms with Gasteiger partial charge in [0.05, 0.1) is 21.4 Å². The molecule has 3 aromatic carbocycles. The number of anilines is 2. The number of amides is 2. The number of carbonyl (C=O) groups is 2. The first kappa shape index (κ1) is 23.6. The van der Waals surface area contributed by atoms with Gasteiger partial charge in [0, 0.05) is 0 Å². The molecule has 0 radical (unpaired) electrons. The highest BCUT2D eigenvalue weighted by molar-refractivity contribution is 6.36. The summed E-state index contributed by atoms with van der Waals surface area (Å²) in [6, 6.07) is 21.4. The zero-order valence-electron chi connectivity index (χ0n) is 18.1. The highest BCUT2D eigenvalue weighted by Crippen LogP contribution is 2.25. The molecule has 0 fully saturated rings. The number of halogens is 2. The van der Waals surface area contributed by atoms with Crippen LogP contribution in [0.5, 0.6) is 0 Å². The first-order chi connectivity index (χ1) is 15.1. The Balaban J connectivity index is 1.95. The van der Waals surface area contributed by atoms with Crippen molar-refractivity contribution >= 4 is 52.5 Å². The first-order valence-electron chi connectivity index (χ1n) is 10.1. The summed E-state index contributed by atoms with van der Waals surface area (Å²) in [6.07, 6.45) is 1.55. The predicted octanol–water partition coefficient (Wildman–Crippen LogP) is 6.95. The average Bonchev–Trinajstić information content (AvgIpc) is 2.75. The van der Waals surface area contributed by atoms with E-state index in [1.807, 2.05) is 24.3 Å². The maximum absolute atomic E-state index is 13.1. The Kier molecular flexibility index (Phi) is 7.39. The number of nitrogens with one attached hydrogen (secondary N) is 2. The summed E-state index contributed by atoms with van der Waals surface area (Å²) in [5.74, 6) is -1.16. The van der Waals surface area contributed by atoms with Gasteiger partial charge >= 0.3 is 0 Å². The van der Waals surface area contributed by atoms with E-state index in [1.165, 1.54) is 0 Å². The zero-order chi connectivity index (χ0) is 23.3. The normalized spacial score (nSPS) is 10.9. The summed E-state index contributed by atoms with van der Waals surface area (Å²) in [4.78, 5) is 26.2. The van der Waals surface area contributed by atoms with Crippen molar-refractivity contribution in [2.45, 2.75) is 26.2 Å². The maximum atomic E-state index is 13.1. The van der Waals surface area contributed by atoms with Crippen LogP contribution in [0.15, 0.2) is 78.4 Å². The standard InChI is InChI=1S/C26H24Cl2N2O2/c1-26(2,3)18-14-12-17(13-15-18)16-19(24(31)29-22-10-6-4-8-20(22)27)25(32)30-23-11-7-5-9-21(23)28/h4-16H,1-3H3,(H,29,31)(H,30,32). The van der Waals surface area contributed by atoms with Crippen LogP contribution in [0, 0.1) is 0 Å². The molecule has 0 bridgehead atoms. The number of rotatable bonds is 5. The molecule has 0 heterocycles. The Morgan fingerprint density at radius 3 is 1.56 bits per heavy atom. The number of carbonyl (C=O) groups excluding carboxylic acids is 2. The first-order valence-corrected chi connectivity index (χ1v) is 10.8. The molecule has 0 aliphatic heterocycles. The van der Waals surface area contributed by atoms with E-state index >= 15 is 0 Å². The summed E-state index contributed by atoms with van der Waals surface area (Å²) in [5, 5.41) is 6.18. The molecule has 3 aromatic rings. The topological polar surface area (TPSA) is 58.2 Å². The molecule has 0 saturated heterocycles. The van der Waals surface area contributed by atoms with Crippen molar-refractivity contribution in [1.29, 1.82) is 0 Å². The fourth-order valence-electron chi connectivity index (χ4n) is 2.98. The van der Waals surface area contributed by atoms with Crippen LogP contribution in [-0.4, -0.2) is 11.8 Å². The molecule has 0 aliphatic carbocycles. The molecule has 4 nitrogen and oxygen atoms in total. The second-order valence-corrected chi connectivity index (χ2v) is 9.11. The van der Waals surface area contributed by atoms with Crippen molar-refractivity contribution in [3.05, 3.63) is 99.5 Å². The summed E-state index contributed by atoms with van der Waals surface area (Å²) < 4.78 is 0. The van der Waals surface area contributed by atoms with Crippen LogP contribution in [0.25, 0.3) is 6.08 Å². The third kappa shape index (κ3) is 6.00. The minimum absolute atomic E-state index is 0.00601. The Hall–Kier alpha value is -3.08. The van der Waals surface area contributed by atoms with Crippen LogP contribution in [0.3, 0.4) is 0 Å². The molecule has 164 valence electrons. The number of para-hydroxylation sites is 2. The van der Waals surface area contributed by atoms with Gasteiger partial charge in [-0.1, -0.05) is 92.5 Å². The van der Waals surface area contributed by atoms with Crippen molar-refractivity contribution in [3.63, 3.8) is 0 Å². The van der Waals surface area contributed by atoms with E-state index in [9.17, 15) is 9.59 Å². The SMILES string of the molecule is CC(C)(C)c1ccc(C=C(C(=O)Nc2ccccc2Cl)C(=O)Nc2ccccc2Cl)cc1. The van der Waals surface area contributed by atoms with Crippen LogP contribution in [0.4, 0.5) is 11.4 Å². The molecule has 6 heteroatoms. The van der Waals surface area contributed by atoms with Crippen molar-refractivity contribution in [2.75, 3.05) is 10.6 Å². The van der Waals surface area contributed by atoms with Gasteiger partial charge in [-0.05, 0) is 46.9 Å². The van der Waals surface area contributed by atoms with Gasteiger partial charge in [-0.15, -0.1) is 0 Å². The summed E-state index contributed by atoms with van der Waals surface area (Å²) in [5.41, 5.74) is 2.62. The Bertz CT molecular complexity index is 1100. The van der Waals surface area contributed by atoms with Crippen LogP contribution in [0.1, 0.15) is 31.9 Å². The van der Waals surface area contributed by atoms with E-state index in [2.05, 4.69) is 31.4 Å². The zero-order valence-corrected chi connectivity index (χ0v) is 19.6. The highest BCUT2D eigenvalue weighted by atomic mass is 35.5. The molecule has 2 N–H and O–H groups in total. The second kappa shape index (κ2) is 10.0. The van der Waals surface area contributed by atoms with Gasteiger partial charge in [-0.25, -0.2) is 0 Å². The number of hydrogen-bond donors (Lipinski definition) is 2. The van der Waals surface area contributed by atoms with Gasteiger partial charge in [0.1, 0.15) is 5.57 Å². The lowest BCUT2D eigenvalue weighted by Gasteiger charge is -2.19. The van der Waals surface area contributed by atoms with E-state index in [1.54, 1.807) is 54.6 Å². The molecular formula is C26H24Cl2N2O2. The van der Waals surface area contributed by atoms with Gasteiger partial charge < -0.3 is 10.6 Å². The summed E-state index contributed by atoms with van der Waals surface area (Å²) >= 11 is 12.3. The lowest BCUT2D eigenvalue weighted by Crippen LogP contribution is -2.25. The van der Waals surface area contributed by atoms with Crippen molar-refractivity contribution < 1.29 is 9.59 Å². The van der Waals surface area contributed by atoms with Gasteiger partial charge in [-0.2, -0.15) is 0 Å². The lowest BCUT2D eigenvalue weighted by atomic mass is 9.86. The van der Waals surface area contributed by atoms with Crippen LogP contribution >= 0.6 is 23.2 Å². The fourth-order valence-corrected chi connectivity index (χ4v) is 3.35. The Labute approximate surface area is 198 Å². The Morgan fingerprint density at radius 2 is 1.16 bits per heavy atom. The van der Waals surface area contributed by atoms with Gasteiger partial charge in [0.25, 0.3) is 11.8 Å². The van der Waals surface area contributed by atoms with Crippen molar-refractivity contribution in [2.24, 2.45) is 0 Å². The largest absolute Gasteiger partial charge is 0.320 e. The van der Waals surface area contributed by atoms with Gasteiger partial charge in [-0.3, -0.25) is 9.59 Å². The highest BCUT2D eigenvalue weighted by Gasteiger charge is 2.21. The van der Waals surface area contributed by atoms with E-state index in [0.717, 1.165) is 11.1 Å². The Morgan fingerprint density at radius 1 is 0.719 bits per heavy atom. The van der Waals surface area contributed by atoms with E-state index in [0.29, 0.717) is 21.4 Å². The van der Waals surface area contributed by atoms with E-state index in [-0.39, 0.29) is 11.0 Å². The average molecular weight is 467 g/mol. The molecule has 0 saturated carbocycles. The molecular weight excluding hydrogens is 443 g/mol. The second-order valence-electron chi connectivity index (χ2n) is 8.30. The maximum Gasteiger partial charge on any atom is 0.261 e. The van der Waals surface area contributed by atoms with Crippen molar-refractivity contribution in [3.8, 4) is 0 Å². The van der Waals surface area contributed by atoms with Gasteiger partial charge in [0.2, 0.25) is 0 Å². The molecule has 0 aromatic heterocycles. The summed E-state index contributed by atoms with van der Waals surface area (Å²) in [7, 11) is 0. The monoisotopic (exact) mass is 466 g/mol.